The third-order valence-corrected chi connectivity index (χ3v) is 3.72. The van der Waals surface area contributed by atoms with Crippen molar-refractivity contribution in [2.75, 3.05) is 11.9 Å². The Kier molecular flexibility index (Phi) is 6.07. The lowest BCUT2D eigenvalue weighted by molar-refractivity contribution is -0.124. The van der Waals surface area contributed by atoms with E-state index in [2.05, 4.69) is 10.6 Å². The van der Waals surface area contributed by atoms with E-state index in [0.717, 1.165) is 22.4 Å². The van der Waals surface area contributed by atoms with E-state index in [0.29, 0.717) is 6.42 Å². The van der Waals surface area contributed by atoms with E-state index in [-0.39, 0.29) is 30.6 Å². The van der Waals surface area contributed by atoms with E-state index >= 15 is 0 Å². The highest BCUT2D eigenvalue weighted by Crippen LogP contribution is 2.18. The monoisotopic (exact) mass is 328 g/mol. The molecule has 0 bridgehead atoms. The average Bonchev–Trinajstić information content (AvgIpc) is 2.54. The summed E-state index contributed by atoms with van der Waals surface area (Å²) in [5.41, 5.74) is 3.48. The summed E-state index contributed by atoms with van der Waals surface area (Å²) in [6, 6.07) is 11.9. The molecule has 4 nitrogen and oxygen atoms in total. The molecule has 2 amide bonds. The normalized spacial score (nSPS) is 10.3. The van der Waals surface area contributed by atoms with Crippen LogP contribution in [0.2, 0.25) is 0 Å². The number of benzene rings is 2. The van der Waals surface area contributed by atoms with E-state index in [9.17, 15) is 14.0 Å². The van der Waals surface area contributed by atoms with Crippen LogP contribution in [-0.2, 0) is 16.0 Å². The second-order valence-electron chi connectivity index (χ2n) is 5.72. The largest absolute Gasteiger partial charge is 0.347 e. The fraction of sp³-hybridized carbons (Fsp3) is 0.263. The third-order valence-electron chi connectivity index (χ3n) is 3.72. The van der Waals surface area contributed by atoms with E-state index in [1.807, 2.05) is 32.0 Å². The first kappa shape index (κ1) is 17.7. The molecule has 0 aliphatic rings. The van der Waals surface area contributed by atoms with Gasteiger partial charge in [-0.15, -0.1) is 0 Å². The summed E-state index contributed by atoms with van der Waals surface area (Å²) in [5.74, 6) is -0.830. The average molecular weight is 328 g/mol. The van der Waals surface area contributed by atoms with Crippen LogP contribution in [-0.4, -0.2) is 18.4 Å². The van der Waals surface area contributed by atoms with Gasteiger partial charge in [-0.05, 0) is 49.1 Å². The van der Waals surface area contributed by atoms with Gasteiger partial charge in [-0.1, -0.05) is 30.3 Å². The molecule has 2 aromatic rings. The molecule has 5 heteroatoms. The highest BCUT2D eigenvalue weighted by molar-refractivity contribution is 5.95. The Labute approximate surface area is 141 Å². The molecule has 2 N–H and O–H groups in total. The molecule has 2 aromatic carbocycles. The smallest absolute Gasteiger partial charge is 0.243 e. The fourth-order valence-corrected chi connectivity index (χ4v) is 2.41. The van der Waals surface area contributed by atoms with Crippen molar-refractivity contribution in [1.29, 1.82) is 0 Å². The van der Waals surface area contributed by atoms with Crippen molar-refractivity contribution in [3.63, 3.8) is 0 Å². The zero-order valence-electron chi connectivity index (χ0n) is 13.9. The summed E-state index contributed by atoms with van der Waals surface area (Å²) in [5, 5.41) is 5.39. The predicted octanol–water partition coefficient (Wildman–Crippen LogP) is 3.13. The second kappa shape index (κ2) is 8.24. The Balaban J connectivity index is 1.78. The van der Waals surface area contributed by atoms with Gasteiger partial charge in [0.2, 0.25) is 11.8 Å². The maximum atomic E-state index is 13.1. The topological polar surface area (TPSA) is 58.2 Å². The van der Waals surface area contributed by atoms with Crippen LogP contribution in [0.15, 0.2) is 42.5 Å². The minimum atomic E-state index is -0.319. The number of hydrogen-bond donors (Lipinski definition) is 2. The molecule has 0 unspecified atom stereocenters. The number of carbonyl (C=O) groups is 2. The van der Waals surface area contributed by atoms with Crippen molar-refractivity contribution >= 4 is 17.5 Å². The Morgan fingerprint density at radius 1 is 1.00 bits per heavy atom. The zero-order chi connectivity index (χ0) is 17.5. The number of nitrogens with one attached hydrogen (secondary N) is 2. The van der Waals surface area contributed by atoms with Gasteiger partial charge in [0.1, 0.15) is 5.82 Å². The number of anilines is 1. The Morgan fingerprint density at radius 2 is 1.67 bits per heavy atom. The number of halogens is 1. The van der Waals surface area contributed by atoms with E-state index in [1.165, 1.54) is 12.1 Å². The molecule has 0 aromatic heterocycles. The molecule has 126 valence electrons. The molecule has 0 aliphatic heterocycles. The van der Waals surface area contributed by atoms with Crippen molar-refractivity contribution in [2.45, 2.75) is 26.7 Å². The maximum absolute atomic E-state index is 13.1. The van der Waals surface area contributed by atoms with Gasteiger partial charge in [-0.2, -0.15) is 0 Å². The summed E-state index contributed by atoms with van der Waals surface area (Å²) in [6.07, 6.45) is 0.641. The standard InChI is InChI=1S/C19H21FN2O2/c1-13-5-3-6-14(2)19(13)22-18(24)12-21-17(23)10-9-15-7-4-8-16(20)11-15/h3-8,11H,9-10,12H2,1-2H3,(H,21,23)(H,22,24). The molecule has 0 radical (unpaired) electrons. The molecular weight excluding hydrogens is 307 g/mol. The van der Waals surface area contributed by atoms with Gasteiger partial charge in [-0.25, -0.2) is 4.39 Å². The van der Waals surface area contributed by atoms with Crippen molar-refractivity contribution in [3.05, 3.63) is 65.0 Å². The molecule has 2 rings (SSSR count). The van der Waals surface area contributed by atoms with Crippen LogP contribution >= 0.6 is 0 Å². The molecule has 0 fully saturated rings. The van der Waals surface area contributed by atoms with Gasteiger partial charge in [-0.3, -0.25) is 9.59 Å². The van der Waals surface area contributed by atoms with Crippen LogP contribution in [0.5, 0.6) is 0 Å². The number of carbonyl (C=O) groups excluding carboxylic acids is 2. The number of hydrogen-bond acceptors (Lipinski definition) is 2. The minimum absolute atomic E-state index is 0.0875. The van der Waals surface area contributed by atoms with Gasteiger partial charge >= 0.3 is 0 Å². The lowest BCUT2D eigenvalue weighted by Gasteiger charge is -2.12. The third kappa shape index (κ3) is 5.19. The van der Waals surface area contributed by atoms with E-state index in [1.54, 1.807) is 12.1 Å². The van der Waals surface area contributed by atoms with Crippen LogP contribution in [0.25, 0.3) is 0 Å². The molecule has 24 heavy (non-hydrogen) atoms. The first-order chi connectivity index (χ1) is 11.5. The number of amides is 2. The number of para-hydroxylation sites is 1. The van der Waals surface area contributed by atoms with Crippen LogP contribution in [0, 0.1) is 19.7 Å². The highest BCUT2D eigenvalue weighted by atomic mass is 19.1. The van der Waals surface area contributed by atoms with Crippen molar-refractivity contribution in [3.8, 4) is 0 Å². The van der Waals surface area contributed by atoms with Crippen molar-refractivity contribution in [2.24, 2.45) is 0 Å². The van der Waals surface area contributed by atoms with Gasteiger partial charge in [0.25, 0.3) is 0 Å². The van der Waals surface area contributed by atoms with Gasteiger partial charge in [0.05, 0.1) is 6.54 Å². The Morgan fingerprint density at radius 3 is 2.33 bits per heavy atom. The van der Waals surface area contributed by atoms with Crippen molar-refractivity contribution in [1.82, 2.24) is 5.32 Å². The SMILES string of the molecule is Cc1cccc(C)c1NC(=O)CNC(=O)CCc1cccc(F)c1. The summed E-state index contributed by atoms with van der Waals surface area (Å²) >= 11 is 0. The highest BCUT2D eigenvalue weighted by Gasteiger charge is 2.09. The van der Waals surface area contributed by atoms with E-state index < -0.39 is 0 Å². The number of rotatable bonds is 6. The molecule has 0 spiro atoms. The summed E-state index contributed by atoms with van der Waals surface area (Å²) in [4.78, 5) is 23.8. The first-order valence-electron chi connectivity index (χ1n) is 7.83. The van der Waals surface area contributed by atoms with Crippen LogP contribution in [0.1, 0.15) is 23.1 Å². The van der Waals surface area contributed by atoms with Gasteiger partial charge < -0.3 is 10.6 Å². The van der Waals surface area contributed by atoms with Crippen molar-refractivity contribution < 1.29 is 14.0 Å². The molecule has 0 heterocycles. The van der Waals surface area contributed by atoms with Crippen LogP contribution in [0.4, 0.5) is 10.1 Å². The summed E-state index contributed by atoms with van der Waals surface area (Å²) in [6.45, 7) is 3.75. The van der Waals surface area contributed by atoms with E-state index in [4.69, 9.17) is 0 Å². The van der Waals surface area contributed by atoms with Crippen LogP contribution < -0.4 is 10.6 Å². The maximum Gasteiger partial charge on any atom is 0.243 e. The Bertz CT molecular complexity index is 724. The lowest BCUT2D eigenvalue weighted by Crippen LogP contribution is -2.33. The Hall–Kier alpha value is -2.69. The minimum Gasteiger partial charge on any atom is -0.347 e. The summed E-state index contributed by atoms with van der Waals surface area (Å²) < 4.78 is 13.1. The summed E-state index contributed by atoms with van der Waals surface area (Å²) in [7, 11) is 0. The second-order valence-corrected chi connectivity index (χ2v) is 5.72. The molecule has 0 aliphatic carbocycles. The zero-order valence-corrected chi connectivity index (χ0v) is 13.9. The molecule has 0 saturated carbocycles. The predicted molar refractivity (Wildman–Crippen MR) is 92.3 cm³/mol. The van der Waals surface area contributed by atoms with Crippen LogP contribution in [0.3, 0.4) is 0 Å². The number of aryl methyl sites for hydroxylation is 3. The molecule has 0 atom stereocenters. The van der Waals surface area contributed by atoms with Gasteiger partial charge in [0, 0.05) is 12.1 Å². The quantitative estimate of drug-likeness (QED) is 0.856. The lowest BCUT2D eigenvalue weighted by atomic mass is 10.1. The fourth-order valence-electron chi connectivity index (χ4n) is 2.41. The van der Waals surface area contributed by atoms with Gasteiger partial charge in [0.15, 0.2) is 0 Å². The first-order valence-corrected chi connectivity index (χ1v) is 7.83. The molecule has 0 saturated heterocycles. The molecular formula is C19H21FN2O2.